The first-order chi connectivity index (χ1) is 12.7. The Hall–Kier alpha value is -2.48. The number of ether oxygens (including phenoxy) is 1. The van der Waals surface area contributed by atoms with Crippen LogP contribution in [-0.2, 0) is 19.6 Å². The molecule has 27 heavy (non-hydrogen) atoms. The average Bonchev–Trinajstić information content (AvgIpc) is 2.65. The molecule has 0 aliphatic heterocycles. The van der Waals surface area contributed by atoms with Gasteiger partial charge in [-0.3, -0.25) is 9.59 Å². The van der Waals surface area contributed by atoms with Crippen LogP contribution in [0.1, 0.15) is 21.5 Å². The minimum atomic E-state index is -3.81. The highest BCUT2D eigenvalue weighted by atomic mass is 35.5. The van der Waals surface area contributed by atoms with Crippen molar-refractivity contribution in [1.29, 1.82) is 0 Å². The first-order valence-electron chi connectivity index (χ1n) is 7.94. The van der Waals surface area contributed by atoms with Crippen LogP contribution in [-0.4, -0.2) is 33.3 Å². The monoisotopic (exact) mass is 407 g/mol. The summed E-state index contributed by atoms with van der Waals surface area (Å²) in [5.74, 6) is -1.27. The van der Waals surface area contributed by atoms with Crippen LogP contribution in [0.3, 0.4) is 0 Å². The molecule has 0 amide bonds. The molecule has 0 unspecified atom stereocenters. The Morgan fingerprint density at radius 1 is 1.07 bits per heavy atom. The highest BCUT2D eigenvalue weighted by Gasteiger charge is 2.13. The first-order valence-corrected chi connectivity index (χ1v) is 9.86. The SMILES string of the molecule is Cc1ccc(/C=C/S(=O)(=O)NCC(=O)OCC(=O)c2ccc(Cl)cc2)cc1. The van der Waals surface area contributed by atoms with Crippen molar-refractivity contribution in [2.45, 2.75) is 6.92 Å². The summed E-state index contributed by atoms with van der Waals surface area (Å²) in [6.45, 7) is 0.866. The van der Waals surface area contributed by atoms with Gasteiger partial charge in [0.05, 0.1) is 0 Å². The van der Waals surface area contributed by atoms with Gasteiger partial charge in [0.15, 0.2) is 12.4 Å². The van der Waals surface area contributed by atoms with Gasteiger partial charge in [-0.15, -0.1) is 0 Å². The topological polar surface area (TPSA) is 89.5 Å². The number of carbonyl (C=O) groups excluding carboxylic acids is 2. The predicted octanol–water partition coefficient (Wildman–Crippen LogP) is 2.96. The standard InChI is InChI=1S/C19H18ClNO5S/c1-14-2-4-15(5-3-14)10-11-27(24,25)21-12-19(23)26-13-18(22)16-6-8-17(20)9-7-16/h2-11,21H,12-13H2,1H3/b11-10+. The highest BCUT2D eigenvalue weighted by molar-refractivity contribution is 7.92. The summed E-state index contributed by atoms with van der Waals surface area (Å²) in [6.07, 6.45) is 1.41. The molecule has 0 fully saturated rings. The third-order valence-corrected chi connectivity index (χ3v) is 4.76. The summed E-state index contributed by atoms with van der Waals surface area (Å²) >= 11 is 5.73. The van der Waals surface area contributed by atoms with Gasteiger partial charge in [0.1, 0.15) is 6.54 Å². The van der Waals surface area contributed by atoms with Gasteiger partial charge in [-0.25, -0.2) is 13.1 Å². The Morgan fingerprint density at radius 3 is 2.33 bits per heavy atom. The van der Waals surface area contributed by atoms with Crippen LogP contribution in [0.5, 0.6) is 0 Å². The van der Waals surface area contributed by atoms with Crippen LogP contribution in [0.2, 0.25) is 5.02 Å². The van der Waals surface area contributed by atoms with Gasteiger partial charge < -0.3 is 4.74 Å². The fourth-order valence-electron chi connectivity index (χ4n) is 1.97. The maximum absolute atomic E-state index is 11.9. The number of carbonyl (C=O) groups is 2. The van der Waals surface area contributed by atoms with E-state index in [2.05, 4.69) is 4.72 Å². The maximum atomic E-state index is 11.9. The van der Waals surface area contributed by atoms with Gasteiger partial charge in [0.2, 0.25) is 10.0 Å². The Morgan fingerprint density at radius 2 is 1.70 bits per heavy atom. The summed E-state index contributed by atoms with van der Waals surface area (Å²) in [6, 6.07) is 13.4. The molecule has 0 aliphatic rings. The fourth-order valence-corrected chi connectivity index (χ4v) is 2.85. The van der Waals surface area contributed by atoms with Crippen molar-refractivity contribution < 1.29 is 22.7 Å². The lowest BCUT2D eigenvalue weighted by atomic mass is 10.1. The molecule has 6 nitrogen and oxygen atoms in total. The summed E-state index contributed by atoms with van der Waals surface area (Å²) < 4.78 is 30.6. The quantitative estimate of drug-likeness (QED) is 0.536. The number of sulfonamides is 1. The Kier molecular flexibility index (Phi) is 7.29. The lowest BCUT2D eigenvalue weighted by Crippen LogP contribution is -2.30. The summed E-state index contributed by atoms with van der Waals surface area (Å²) in [5, 5.41) is 1.45. The van der Waals surface area contributed by atoms with E-state index in [1.54, 1.807) is 24.3 Å². The van der Waals surface area contributed by atoms with Gasteiger partial charge in [-0.2, -0.15) is 0 Å². The van der Waals surface area contributed by atoms with Gasteiger partial charge in [-0.05, 0) is 42.8 Å². The van der Waals surface area contributed by atoms with E-state index in [-0.39, 0.29) is 0 Å². The van der Waals surface area contributed by atoms with Crippen molar-refractivity contribution in [2.75, 3.05) is 13.2 Å². The van der Waals surface area contributed by atoms with E-state index in [0.29, 0.717) is 16.1 Å². The maximum Gasteiger partial charge on any atom is 0.321 e. The molecule has 0 saturated heterocycles. The molecule has 0 bridgehead atoms. The number of halogens is 1. The molecular weight excluding hydrogens is 390 g/mol. The number of hydrogen-bond donors (Lipinski definition) is 1. The summed E-state index contributed by atoms with van der Waals surface area (Å²) in [7, 11) is -3.81. The van der Waals surface area contributed by atoms with Crippen molar-refractivity contribution in [3.05, 3.63) is 75.7 Å². The lowest BCUT2D eigenvalue weighted by molar-refractivity contribution is -0.141. The van der Waals surface area contributed by atoms with E-state index < -0.39 is 34.9 Å². The molecule has 0 radical (unpaired) electrons. The van der Waals surface area contributed by atoms with Crippen molar-refractivity contribution in [3.8, 4) is 0 Å². The lowest BCUT2D eigenvalue weighted by Gasteiger charge is -2.05. The number of aryl methyl sites for hydroxylation is 1. The Balaban J connectivity index is 1.80. The van der Waals surface area contributed by atoms with E-state index in [4.69, 9.17) is 16.3 Å². The second-order valence-corrected chi connectivity index (χ2v) is 7.76. The number of esters is 1. The molecule has 0 saturated carbocycles. The Labute approximate surface area is 162 Å². The van der Waals surface area contributed by atoms with Gasteiger partial charge in [0, 0.05) is 16.0 Å². The van der Waals surface area contributed by atoms with Gasteiger partial charge in [-0.1, -0.05) is 41.4 Å². The number of benzene rings is 2. The molecular formula is C19H18ClNO5S. The summed E-state index contributed by atoms with van der Waals surface area (Å²) in [5.41, 5.74) is 2.11. The van der Waals surface area contributed by atoms with Crippen molar-refractivity contribution in [2.24, 2.45) is 0 Å². The van der Waals surface area contributed by atoms with Crippen LogP contribution < -0.4 is 4.72 Å². The van der Waals surface area contributed by atoms with Crippen LogP contribution in [0.4, 0.5) is 0 Å². The molecule has 0 atom stereocenters. The van der Waals surface area contributed by atoms with Crippen LogP contribution in [0.15, 0.2) is 53.9 Å². The second kappa shape index (κ2) is 9.45. The van der Waals surface area contributed by atoms with Crippen LogP contribution in [0, 0.1) is 6.92 Å². The number of ketones is 1. The zero-order valence-corrected chi connectivity index (χ0v) is 16.1. The molecule has 142 valence electrons. The molecule has 0 heterocycles. The molecule has 0 aromatic heterocycles. The van der Waals surface area contributed by atoms with E-state index >= 15 is 0 Å². The molecule has 0 spiro atoms. The van der Waals surface area contributed by atoms with Crippen molar-refractivity contribution in [3.63, 3.8) is 0 Å². The van der Waals surface area contributed by atoms with Gasteiger partial charge in [0.25, 0.3) is 0 Å². The zero-order valence-electron chi connectivity index (χ0n) is 14.5. The van der Waals surface area contributed by atoms with E-state index in [1.165, 1.54) is 18.2 Å². The van der Waals surface area contributed by atoms with Crippen molar-refractivity contribution in [1.82, 2.24) is 4.72 Å². The predicted molar refractivity (Wildman–Crippen MR) is 104 cm³/mol. The average molecular weight is 408 g/mol. The molecule has 8 heteroatoms. The molecule has 1 N–H and O–H groups in total. The second-order valence-electron chi connectivity index (χ2n) is 5.67. The van der Waals surface area contributed by atoms with Crippen molar-refractivity contribution >= 4 is 39.5 Å². The first kappa shape index (κ1) is 20.8. The number of hydrogen-bond acceptors (Lipinski definition) is 5. The smallest absolute Gasteiger partial charge is 0.321 e. The number of nitrogens with one attached hydrogen (secondary N) is 1. The number of rotatable bonds is 8. The van der Waals surface area contributed by atoms with E-state index in [0.717, 1.165) is 11.0 Å². The molecule has 0 aliphatic carbocycles. The molecule has 2 aromatic carbocycles. The third kappa shape index (κ3) is 7.34. The van der Waals surface area contributed by atoms with Gasteiger partial charge >= 0.3 is 5.97 Å². The fraction of sp³-hybridized carbons (Fsp3) is 0.158. The minimum absolute atomic E-state index is 0.341. The third-order valence-electron chi connectivity index (χ3n) is 3.47. The van der Waals surface area contributed by atoms with Crippen LogP contribution >= 0.6 is 11.6 Å². The molecule has 2 rings (SSSR count). The van der Waals surface area contributed by atoms with E-state index in [9.17, 15) is 18.0 Å². The minimum Gasteiger partial charge on any atom is -0.456 e. The highest BCUT2D eigenvalue weighted by Crippen LogP contribution is 2.10. The normalized spacial score (nSPS) is 11.5. The zero-order chi connectivity index (χ0) is 19.9. The molecule has 2 aromatic rings. The van der Waals surface area contributed by atoms with E-state index in [1.807, 2.05) is 19.1 Å². The number of Topliss-reactive ketones (excluding diaryl/α,β-unsaturated/α-hetero) is 1. The summed E-state index contributed by atoms with van der Waals surface area (Å²) in [4.78, 5) is 23.5. The largest absolute Gasteiger partial charge is 0.456 e. The Bertz CT molecular complexity index is 935. The van der Waals surface area contributed by atoms with Crippen LogP contribution in [0.25, 0.3) is 6.08 Å².